The number of aliphatic hydroxyl groups excluding tert-OH is 1. The fourth-order valence-corrected chi connectivity index (χ4v) is 10.5. The quantitative estimate of drug-likeness (QED) is 0.0329. The van der Waals surface area contributed by atoms with Crippen LogP contribution in [-0.4, -0.2) is 294 Å². The van der Waals surface area contributed by atoms with E-state index in [2.05, 4.69) is 21.3 Å². The van der Waals surface area contributed by atoms with Gasteiger partial charge in [0.15, 0.2) is 5.78 Å². The first-order valence-electron chi connectivity index (χ1n) is 38.0. The Morgan fingerprint density at radius 2 is 0.714 bits per heavy atom. The van der Waals surface area contributed by atoms with E-state index in [0.717, 1.165) is 19.3 Å². The van der Waals surface area contributed by atoms with Crippen molar-refractivity contribution < 1.29 is 129 Å². The van der Waals surface area contributed by atoms with Gasteiger partial charge in [0.1, 0.15) is 23.1 Å². The van der Waals surface area contributed by atoms with E-state index < -0.39 is 31.1 Å². The lowest BCUT2D eigenvalue weighted by atomic mass is 9.91. The summed E-state index contributed by atoms with van der Waals surface area (Å²) in [5, 5.41) is 20.8. The van der Waals surface area contributed by atoms with Gasteiger partial charge in [0.25, 0.3) is 0 Å². The number of rotatable bonds is 83. The number of hydrogen-bond acceptors (Lipinski definition) is 26. The Kier molecular flexibility index (Phi) is 70.9. The molecule has 0 bridgehead atoms. The van der Waals surface area contributed by atoms with E-state index in [0.29, 0.717) is 229 Å². The summed E-state index contributed by atoms with van der Waals surface area (Å²) in [6.07, 6.45) is 8.30. The molecule has 0 aliphatic rings. The lowest BCUT2D eigenvalue weighted by Crippen LogP contribution is -2.44. The van der Waals surface area contributed by atoms with E-state index in [9.17, 15) is 57.7 Å². The van der Waals surface area contributed by atoms with Crippen LogP contribution in [0.15, 0.2) is 0 Å². The predicted octanol–water partition coefficient (Wildman–Crippen LogP) is 5.37. The standard InChI is InChI=1S/C73H135N4O27P/c1-61(2)105(88,89)104-60-62(59-78)16-8-6-10-19-66(81)29-35-95-45-47-99-49-51-101-53-55-103-57-56-102-54-52-100-50-48-98-46-44-94-34-15-22-69(83)68(21-12-13-30-74-70(84)26-24-65(80)20-14-33-93-41-38-90-3)77-73(87)63(58-67(82)25-28-72(86)76-32-37-97-43-40-92-5)17-9-7-11-18-64(79)23-27-71(85)75-31-36-96-42-39-91-4/h61-63,68,78H,6-60H2,1-5H3,(H,74,84)(H,75,85)(H,76,86)(H,77,87)(H,88,89). The highest BCUT2D eigenvalue weighted by Crippen LogP contribution is 2.47. The van der Waals surface area contributed by atoms with E-state index >= 15 is 0 Å². The van der Waals surface area contributed by atoms with Crippen LogP contribution in [0.1, 0.15) is 174 Å². The van der Waals surface area contributed by atoms with Crippen molar-refractivity contribution in [2.75, 3.05) is 219 Å². The summed E-state index contributed by atoms with van der Waals surface area (Å²) in [6, 6.07) is -0.910. The van der Waals surface area contributed by atoms with Crippen LogP contribution < -0.4 is 21.3 Å². The van der Waals surface area contributed by atoms with Crippen LogP contribution in [0.3, 0.4) is 0 Å². The van der Waals surface area contributed by atoms with Gasteiger partial charge in [0.05, 0.1) is 170 Å². The molecule has 0 aromatic carbocycles. The second-order valence-corrected chi connectivity index (χ2v) is 27.9. The zero-order valence-corrected chi connectivity index (χ0v) is 65.1. The Bertz CT molecular complexity index is 2240. The number of carbonyl (C=O) groups is 9. The first kappa shape index (κ1) is 101. The van der Waals surface area contributed by atoms with E-state index in [1.54, 1.807) is 35.2 Å². The maximum atomic E-state index is 14.2. The molecule has 31 nitrogen and oxygen atoms in total. The van der Waals surface area contributed by atoms with Gasteiger partial charge in [-0.25, -0.2) is 0 Å². The van der Waals surface area contributed by atoms with E-state index in [4.69, 9.17) is 70.8 Å². The molecular formula is C73H135N4O27P. The summed E-state index contributed by atoms with van der Waals surface area (Å²) < 4.78 is 92.8. The SMILES string of the molecule is COCCOCCCC(=O)CCC(=O)NCCCCC(NC(=O)C(CCCCCC(=O)CCC(=O)NCCOCCOC)CC(=O)CCC(=O)NCCOCCOC)C(=O)CCCOCCOCCOCCOCCOCCOCCOCCOCCC(=O)CCCCCC(CO)COP(=O)(O)C(C)C. The van der Waals surface area contributed by atoms with Crippen LogP contribution >= 0.6 is 7.60 Å². The minimum absolute atomic E-state index is 0.0321. The largest absolute Gasteiger partial charge is 0.396 e. The van der Waals surface area contributed by atoms with Gasteiger partial charge in [-0.05, 0) is 57.8 Å². The van der Waals surface area contributed by atoms with Crippen LogP contribution in [0, 0.1) is 11.8 Å². The molecule has 0 rings (SSSR count). The van der Waals surface area contributed by atoms with Crippen molar-refractivity contribution >= 4 is 60.1 Å². The lowest BCUT2D eigenvalue weighted by molar-refractivity contribution is -0.133. The van der Waals surface area contributed by atoms with Crippen LogP contribution in [-0.2, 0) is 119 Å². The van der Waals surface area contributed by atoms with Gasteiger partial charge in [0, 0.05) is 150 Å². The molecule has 105 heavy (non-hydrogen) atoms. The molecule has 0 aromatic rings. The zero-order valence-electron chi connectivity index (χ0n) is 64.2. The smallest absolute Gasteiger partial charge is 0.330 e. The van der Waals surface area contributed by atoms with Gasteiger partial charge >= 0.3 is 7.60 Å². The molecule has 4 atom stereocenters. The molecule has 0 aromatic heterocycles. The third kappa shape index (κ3) is 67.6. The number of aliphatic hydroxyl groups is 1. The highest BCUT2D eigenvalue weighted by molar-refractivity contribution is 7.53. The summed E-state index contributed by atoms with van der Waals surface area (Å²) in [6.45, 7) is 13.3. The summed E-state index contributed by atoms with van der Waals surface area (Å²) in [5.74, 6) is -2.89. The van der Waals surface area contributed by atoms with Gasteiger partial charge in [-0.2, -0.15) is 0 Å². The Hall–Kier alpha value is -4.22. The van der Waals surface area contributed by atoms with E-state index in [-0.39, 0.29) is 163 Å². The van der Waals surface area contributed by atoms with E-state index in [1.807, 2.05) is 0 Å². The summed E-state index contributed by atoms with van der Waals surface area (Å²) >= 11 is 0. The fraction of sp³-hybridized carbons (Fsp3) is 0.877. The number of amides is 4. The molecule has 0 aliphatic carbocycles. The van der Waals surface area contributed by atoms with Crippen molar-refractivity contribution in [1.29, 1.82) is 0 Å². The predicted molar refractivity (Wildman–Crippen MR) is 391 cm³/mol. The Morgan fingerprint density at radius 1 is 0.352 bits per heavy atom. The van der Waals surface area contributed by atoms with Crippen molar-refractivity contribution in [2.24, 2.45) is 11.8 Å². The highest BCUT2D eigenvalue weighted by atomic mass is 31.2. The average Bonchev–Trinajstić information content (AvgIpc) is 0.909. The molecule has 6 N–H and O–H groups in total. The minimum Gasteiger partial charge on any atom is -0.396 e. The second kappa shape index (κ2) is 73.9. The van der Waals surface area contributed by atoms with Crippen LogP contribution in [0.5, 0.6) is 0 Å². The first-order valence-corrected chi connectivity index (χ1v) is 39.6. The number of ether oxygens (including phenoxy) is 14. The number of nitrogens with one attached hydrogen (secondary N) is 4. The zero-order chi connectivity index (χ0) is 77.3. The third-order valence-corrected chi connectivity index (χ3v) is 18.0. The molecule has 0 heterocycles. The van der Waals surface area contributed by atoms with Crippen molar-refractivity contribution in [1.82, 2.24) is 21.3 Å². The molecule has 0 radical (unpaired) electrons. The number of Topliss-reactive ketones (excluding diaryl/α,β-unsaturated/α-hetero) is 5. The Morgan fingerprint density at radius 3 is 1.15 bits per heavy atom. The van der Waals surface area contributed by atoms with Gasteiger partial charge in [-0.3, -0.25) is 47.7 Å². The monoisotopic (exact) mass is 1530 g/mol. The van der Waals surface area contributed by atoms with Crippen molar-refractivity contribution in [2.45, 2.75) is 186 Å². The summed E-state index contributed by atoms with van der Waals surface area (Å²) in [7, 11) is 1.04. The molecule has 4 amide bonds. The number of unbranched alkanes of at least 4 members (excludes halogenated alkanes) is 5. The summed E-state index contributed by atoms with van der Waals surface area (Å²) in [4.78, 5) is 126. The molecule has 4 unspecified atom stereocenters. The Labute approximate surface area is 624 Å². The van der Waals surface area contributed by atoms with Gasteiger partial charge in [-0.15, -0.1) is 0 Å². The molecule has 0 saturated carbocycles. The van der Waals surface area contributed by atoms with Gasteiger partial charge in [0.2, 0.25) is 23.6 Å². The first-order chi connectivity index (χ1) is 50.9. The number of carbonyl (C=O) groups excluding carboxylic acids is 9. The third-order valence-electron chi connectivity index (χ3n) is 16.2. The van der Waals surface area contributed by atoms with Crippen molar-refractivity contribution in [3.8, 4) is 0 Å². The van der Waals surface area contributed by atoms with Crippen LogP contribution in [0.2, 0.25) is 0 Å². The number of hydrogen-bond donors (Lipinski definition) is 6. The Balaban J connectivity index is 4.88. The molecular weight excluding hydrogens is 1400 g/mol. The van der Waals surface area contributed by atoms with Crippen LogP contribution in [0.4, 0.5) is 0 Å². The maximum absolute atomic E-state index is 14.2. The molecule has 32 heteroatoms. The normalized spacial score (nSPS) is 13.0. The summed E-state index contributed by atoms with van der Waals surface area (Å²) in [5.41, 5.74) is -0.500. The molecule has 0 saturated heterocycles. The molecule has 0 aliphatic heterocycles. The highest BCUT2D eigenvalue weighted by Gasteiger charge is 2.28. The van der Waals surface area contributed by atoms with Crippen molar-refractivity contribution in [3.63, 3.8) is 0 Å². The van der Waals surface area contributed by atoms with Gasteiger partial charge < -0.3 is 102 Å². The second-order valence-electron chi connectivity index (χ2n) is 25.5. The van der Waals surface area contributed by atoms with Gasteiger partial charge in [-0.1, -0.05) is 39.5 Å². The minimum atomic E-state index is -3.67. The van der Waals surface area contributed by atoms with Crippen molar-refractivity contribution in [3.05, 3.63) is 0 Å². The number of ketones is 5. The average molecular weight is 1530 g/mol. The lowest BCUT2D eigenvalue weighted by Gasteiger charge is -2.22. The maximum Gasteiger partial charge on any atom is 0.330 e. The molecule has 0 fully saturated rings. The van der Waals surface area contributed by atoms with E-state index in [1.165, 1.54) is 0 Å². The van der Waals surface area contributed by atoms with Crippen LogP contribution in [0.25, 0.3) is 0 Å². The molecule has 614 valence electrons. The topological polar surface area (TPSA) is 398 Å². The number of methoxy groups -OCH3 is 3. The molecule has 0 spiro atoms. The fourth-order valence-electron chi connectivity index (χ4n) is 9.80.